The van der Waals surface area contributed by atoms with Crippen LogP contribution in [-0.4, -0.2) is 31.1 Å². The van der Waals surface area contributed by atoms with Gasteiger partial charge in [0.15, 0.2) is 0 Å². The fourth-order valence-electron chi connectivity index (χ4n) is 3.91. The van der Waals surface area contributed by atoms with E-state index in [-0.39, 0.29) is 11.4 Å². The third-order valence-corrected chi connectivity index (χ3v) is 6.86. The van der Waals surface area contributed by atoms with Crippen LogP contribution >= 0.6 is 39.1 Å². The summed E-state index contributed by atoms with van der Waals surface area (Å²) in [6.45, 7) is 7.17. The fourth-order valence-corrected chi connectivity index (χ4v) is 4.83. The van der Waals surface area contributed by atoms with Gasteiger partial charge >= 0.3 is 0 Å². The van der Waals surface area contributed by atoms with Crippen molar-refractivity contribution in [2.75, 3.05) is 35.2 Å². The number of nitrogens with one attached hydrogen (secondary N) is 3. The summed E-state index contributed by atoms with van der Waals surface area (Å²) in [6.07, 6.45) is 0. The van der Waals surface area contributed by atoms with E-state index in [1.165, 1.54) is 0 Å². The molecule has 0 aliphatic carbocycles. The standard InChI is InChI=1S/C25H25BrCl2N4O/c1-25(2)15-32(12-11-29-25)23-10-8-16(13-19(23)26)31-24(33)18-5-3-4-6-22(18)30-17-7-9-20(27)21(28)14-17/h3-10,13-14,29-30H,11-12,15H2,1-2H3,(H,31,33). The van der Waals surface area contributed by atoms with Gasteiger partial charge in [0, 0.05) is 41.0 Å². The Morgan fingerprint density at radius 2 is 1.79 bits per heavy atom. The molecule has 5 nitrogen and oxygen atoms in total. The van der Waals surface area contributed by atoms with Gasteiger partial charge in [0.2, 0.25) is 0 Å². The second-order valence-electron chi connectivity index (χ2n) is 8.65. The van der Waals surface area contributed by atoms with Crippen molar-refractivity contribution < 1.29 is 4.79 Å². The highest BCUT2D eigenvalue weighted by atomic mass is 79.9. The number of hydrogen-bond donors (Lipinski definition) is 3. The van der Waals surface area contributed by atoms with Crippen LogP contribution in [0.2, 0.25) is 10.0 Å². The van der Waals surface area contributed by atoms with Crippen LogP contribution in [0, 0.1) is 0 Å². The maximum atomic E-state index is 13.1. The molecule has 0 aromatic heterocycles. The van der Waals surface area contributed by atoms with E-state index in [4.69, 9.17) is 23.2 Å². The van der Waals surface area contributed by atoms with Crippen LogP contribution in [0.1, 0.15) is 24.2 Å². The quantitative estimate of drug-likeness (QED) is 0.324. The maximum Gasteiger partial charge on any atom is 0.257 e. The van der Waals surface area contributed by atoms with E-state index in [0.29, 0.717) is 21.3 Å². The molecule has 1 saturated heterocycles. The van der Waals surface area contributed by atoms with Crippen molar-refractivity contribution in [3.63, 3.8) is 0 Å². The summed E-state index contributed by atoms with van der Waals surface area (Å²) < 4.78 is 0.945. The van der Waals surface area contributed by atoms with Crippen molar-refractivity contribution in [2.45, 2.75) is 19.4 Å². The van der Waals surface area contributed by atoms with Crippen LogP contribution in [0.4, 0.5) is 22.7 Å². The first kappa shape index (κ1) is 23.9. The van der Waals surface area contributed by atoms with E-state index in [1.54, 1.807) is 18.2 Å². The molecule has 0 radical (unpaired) electrons. The Morgan fingerprint density at radius 3 is 2.52 bits per heavy atom. The number of piperazine rings is 1. The number of carbonyl (C=O) groups excluding carboxylic acids is 1. The minimum atomic E-state index is -0.207. The first-order valence-corrected chi connectivity index (χ1v) is 12.2. The zero-order valence-corrected chi connectivity index (χ0v) is 21.5. The molecule has 1 aliphatic heterocycles. The van der Waals surface area contributed by atoms with E-state index in [2.05, 4.69) is 50.6 Å². The molecule has 172 valence electrons. The van der Waals surface area contributed by atoms with Crippen LogP contribution in [0.25, 0.3) is 0 Å². The van der Waals surface area contributed by atoms with Gasteiger partial charge in [-0.3, -0.25) is 4.79 Å². The second-order valence-corrected chi connectivity index (χ2v) is 10.3. The van der Waals surface area contributed by atoms with Crippen LogP contribution in [-0.2, 0) is 0 Å². The van der Waals surface area contributed by atoms with Gasteiger partial charge in [-0.25, -0.2) is 0 Å². The van der Waals surface area contributed by atoms with E-state index in [1.807, 2.05) is 42.5 Å². The molecule has 33 heavy (non-hydrogen) atoms. The fraction of sp³-hybridized carbons (Fsp3) is 0.240. The molecule has 1 heterocycles. The van der Waals surface area contributed by atoms with E-state index in [9.17, 15) is 4.79 Å². The Balaban J connectivity index is 1.51. The number of halogens is 3. The molecule has 0 spiro atoms. The number of benzene rings is 3. The summed E-state index contributed by atoms with van der Waals surface area (Å²) in [5.41, 5.74) is 3.82. The maximum absolute atomic E-state index is 13.1. The lowest BCUT2D eigenvalue weighted by atomic mass is 10.0. The molecule has 3 aromatic carbocycles. The second kappa shape index (κ2) is 9.94. The molecular weight excluding hydrogens is 523 g/mol. The van der Waals surface area contributed by atoms with E-state index >= 15 is 0 Å². The molecule has 1 aliphatic rings. The third-order valence-electron chi connectivity index (χ3n) is 5.49. The molecule has 4 rings (SSSR count). The van der Waals surface area contributed by atoms with Crippen molar-refractivity contribution in [2.24, 2.45) is 0 Å². The number of amides is 1. The molecule has 3 aromatic rings. The van der Waals surface area contributed by atoms with Gasteiger partial charge in [-0.05, 0) is 78.3 Å². The van der Waals surface area contributed by atoms with Gasteiger partial charge in [0.25, 0.3) is 5.91 Å². The van der Waals surface area contributed by atoms with Gasteiger partial charge in [-0.2, -0.15) is 0 Å². The minimum Gasteiger partial charge on any atom is -0.368 e. The van der Waals surface area contributed by atoms with Gasteiger partial charge in [-0.1, -0.05) is 35.3 Å². The molecule has 0 saturated carbocycles. The highest BCUT2D eigenvalue weighted by molar-refractivity contribution is 9.10. The Hall–Kier alpha value is -2.25. The highest BCUT2D eigenvalue weighted by Crippen LogP contribution is 2.32. The summed E-state index contributed by atoms with van der Waals surface area (Å²) >= 11 is 15.8. The monoisotopic (exact) mass is 546 g/mol. The van der Waals surface area contributed by atoms with Crippen LogP contribution in [0.3, 0.4) is 0 Å². The predicted molar refractivity (Wildman–Crippen MR) is 143 cm³/mol. The lowest BCUT2D eigenvalue weighted by molar-refractivity contribution is 0.102. The summed E-state index contributed by atoms with van der Waals surface area (Å²) in [6, 6.07) is 18.5. The summed E-state index contributed by atoms with van der Waals surface area (Å²) in [5.74, 6) is -0.207. The molecule has 0 atom stereocenters. The van der Waals surface area contributed by atoms with Crippen molar-refractivity contribution in [1.29, 1.82) is 0 Å². The number of rotatable bonds is 5. The van der Waals surface area contributed by atoms with E-state index in [0.717, 1.165) is 41.2 Å². The highest BCUT2D eigenvalue weighted by Gasteiger charge is 2.26. The summed E-state index contributed by atoms with van der Waals surface area (Å²) in [4.78, 5) is 15.4. The van der Waals surface area contributed by atoms with Crippen LogP contribution in [0.5, 0.6) is 0 Å². The molecule has 1 fully saturated rings. The van der Waals surface area contributed by atoms with Gasteiger partial charge in [0.05, 0.1) is 27.0 Å². The minimum absolute atomic E-state index is 0.0512. The molecule has 0 unspecified atom stereocenters. The van der Waals surface area contributed by atoms with Gasteiger partial charge < -0.3 is 20.9 Å². The Morgan fingerprint density at radius 1 is 1.03 bits per heavy atom. The first-order valence-electron chi connectivity index (χ1n) is 10.6. The Kier molecular flexibility index (Phi) is 7.19. The smallest absolute Gasteiger partial charge is 0.257 e. The summed E-state index contributed by atoms with van der Waals surface area (Å²) in [7, 11) is 0. The number of para-hydroxylation sites is 1. The van der Waals surface area contributed by atoms with Gasteiger partial charge in [-0.15, -0.1) is 0 Å². The Labute approximate surface area is 212 Å². The zero-order chi connectivity index (χ0) is 23.6. The normalized spacial score (nSPS) is 15.2. The Bertz CT molecular complexity index is 1180. The van der Waals surface area contributed by atoms with Crippen molar-refractivity contribution in [1.82, 2.24) is 5.32 Å². The van der Waals surface area contributed by atoms with Crippen molar-refractivity contribution >= 4 is 67.8 Å². The SMILES string of the molecule is CC1(C)CN(c2ccc(NC(=O)c3ccccc3Nc3ccc(Cl)c(Cl)c3)cc2Br)CCN1. The largest absolute Gasteiger partial charge is 0.368 e. The van der Waals surface area contributed by atoms with Crippen molar-refractivity contribution in [3.8, 4) is 0 Å². The molecule has 8 heteroatoms. The van der Waals surface area contributed by atoms with Gasteiger partial charge in [0.1, 0.15) is 0 Å². The lowest BCUT2D eigenvalue weighted by Crippen LogP contribution is -2.57. The number of carbonyl (C=O) groups is 1. The lowest BCUT2D eigenvalue weighted by Gasteiger charge is -2.40. The predicted octanol–water partition coefficient (Wildman–Crippen LogP) is 6.94. The number of hydrogen-bond acceptors (Lipinski definition) is 4. The zero-order valence-electron chi connectivity index (χ0n) is 18.4. The van der Waals surface area contributed by atoms with Crippen molar-refractivity contribution in [3.05, 3.63) is 80.7 Å². The summed E-state index contributed by atoms with van der Waals surface area (Å²) in [5, 5.41) is 10.7. The van der Waals surface area contributed by atoms with E-state index < -0.39 is 0 Å². The molecule has 3 N–H and O–H groups in total. The average Bonchev–Trinajstić information content (AvgIpc) is 2.76. The number of anilines is 4. The average molecular weight is 548 g/mol. The molecule has 0 bridgehead atoms. The number of nitrogens with zero attached hydrogens (tertiary/aromatic N) is 1. The molecule has 1 amide bonds. The van der Waals surface area contributed by atoms with Crippen LogP contribution in [0.15, 0.2) is 65.1 Å². The third kappa shape index (κ3) is 5.82. The molecular formula is C25H25BrCl2N4O. The topological polar surface area (TPSA) is 56.4 Å². The first-order chi connectivity index (χ1) is 15.7. The van der Waals surface area contributed by atoms with Crippen LogP contribution < -0.4 is 20.9 Å².